The quantitative estimate of drug-likeness (QED) is 0.619. The molecule has 2 N–H and O–H groups in total. The summed E-state index contributed by atoms with van der Waals surface area (Å²) in [5.41, 5.74) is 0.636. The lowest BCUT2D eigenvalue weighted by molar-refractivity contribution is -0.122. The molecule has 0 radical (unpaired) electrons. The fourth-order valence-corrected chi connectivity index (χ4v) is 2.46. The van der Waals surface area contributed by atoms with E-state index in [9.17, 15) is 15.0 Å². The Balaban J connectivity index is 2.47. The van der Waals surface area contributed by atoms with E-state index >= 15 is 0 Å². The number of ketones is 1. The van der Waals surface area contributed by atoms with Crippen molar-refractivity contribution in [1.29, 1.82) is 0 Å². The Bertz CT molecular complexity index is 356. The van der Waals surface area contributed by atoms with Crippen molar-refractivity contribution >= 4 is 5.78 Å². The monoisotopic (exact) mass is 208 g/mol. The Kier molecular flexibility index (Phi) is 2.32. The molecule has 2 rings (SSSR count). The van der Waals surface area contributed by atoms with E-state index < -0.39 is 12.2 Å². The van der Waals surface area contributed by atoms with Gasteiger partial charge in [0.25, 0.3) is 0 Å². The summed E-state index contributed by atoms with van der Waals surface area (Å²) in [5, 5.41) is 19.2. The summed E-state index contributed by atoms with van der Waals surface area (Å²) < 4.78 is 0. The molecule has 0 spiro atoms. The van der Waals surface area contributed by atoms with Crippen LogP contribution in [0.3, 0.4) is 0 Å². The number of aliphatic hydroxyl groups is 2. The van der Waals surface area contributed by atoms with Crippen LogP contribution in [0.1, 0.15) is 20.3 Å². The summed E-state index contributed by atoms with van der Waals surface area (Å²) in [4.78, 5) is 11.6. The molecule has 4 atom stereocenters. The van der Waals surface area contributed by atoms with E-state index in [1.165, 1.54) is 0 Å². The molecule has 0 saturated carbocycles. The summed E-state index contributed by atoms with van der Waals surface area (Å²) in [6, 6.07) is 0. The van der Waals surface area contributed by atoms with E-state index in [0.29, 0.717) is 6.42 Å². The largest absolute Gasteiger partial charge is 0.390 e. The molecule has 0 aromatic carbocycles. The molecule has 0 heterocycles. The molecule has 0 fully saturated rings. The molecule has 0 aromatic rings. The van der Waals surface area contributed by atoms with E-state index in [4.69, 9.17) is 0 Å². The van der Waals surface area contributed by atoms with E-state index in [-0.39, 0.29) is 17.1 Å². The molecule has 2 aliphatic rings. The number of fused-ring (bicyclic) bond motifs is 1. The first-order chi connectivity index (χ1) is 6.95. The van der Waals surface area contributed by atoms with Crippen LogP contribution in [0, 0.1) is 11.3 Å². The molecule has 82 valence electrons. The lowest BCUT2D eigenvalue weighted by atomic mass is 9.61. The number of hydrogen-bond donors (Lipinski definition) is 2. The molecular weight excluding hydrogens is 192 g/mol. The maximum atomic E-state index is 11.6. The number of aliphatic hydroxyl groups excluding tert-OH is 2. The van der Waals surface area contributed by atoms with Gasteiger partial charge in [0.15, 0.2) is 5.78 Å². The minimum absolute atomic E-state index is 0.0956. The average Bonchev–Trinajstić information content (AvgIpc) is 2.18. The van der Waals surface area contributed by atoms with Gasteiger partial charge < -0.3 is 10.2 Å². The molecule has 0 aliphatic heterocycles. The van der Waals surface area contributed by atoms with E-state index in [0.717, 1.165) is 5.57 Å². The third-order valence-corrected chi connectivity index (χ3v) is 3.85. The van der Waals surface area contributed by atoms with Crippen LogP contribution in [0.4, 0.5) is 0 Å². The van der Waals surface area contributed by atoms with Crippen molar-refractivity contribution in [3.8, 4) is 0 Å². The molecule has 3 heteroatoms. The van der Waals surface area contributed by atoms with Crippen LogP contribution in [-0.4, -0.2) is 28.2 Å². The van der Waals surface area contributed by atoms with Crippen molar-refractivity contribution in [3.05, 3.63) is 23.8 Å². The predicted molar refractivity (Wildman–Crippen MR) is 56.1 cm³/mol. The Morgan fingerprint density at radius 1 is 1.40 bits per heavy atom. The highest BCUT2D eigenvalue weighted by Gasteiger charge is 2.44. The second kappa shape index (κ2) is 3.29. The fourth-order valence-electron chi connectivity index (χ4n) is 2.46. The zero-order chi connectivity index (χ0) is 11.2. The van der Waals surface area contributed by atoms with Gasteiger partial charge in [0.05, 0.1) is 12.2 Å². The van der Waals surface area contributed by atoms with Gasteiger partial charge in [-0.1, -0.05) is 19.9 Å². The first kappa shape index (κ1) is 10.6. The highest BCUT2D eigenvalue weighted by molar-refractivity contribution is 5.94. The number of allylic oxidation sites excluding steroid dienone is 3. The predicted octanol–water partition coefficient (Wildman–Crippen LogP) is 0.820. The van der Waals surface area contributed by atoms with E-state index in [1.54, 1.807) is 18.2 Å². The molecule has 3 nitrogen and oxygen atoms in total. The summed E-state index contributed by atoms with van der Waals surface area (Å²) >= 11 is 0. The highest BCUT2D eigenvalue weighted by atomic mass is 16.3. The van der Waals surface area contributed by atoms with Crippen molar-refractivity contribution in [2.45, 2.75) is 32.5 Å². The lowest BCUT2D eigenvalue weighted by Crippen LogP contribution is -2.44. The molecular formula is C12H16O3. The molecule has 0 saturated heterocycles. The SMILES string of the molecule is C[C@H]1C(=O)C=CC2=C[C@@H](O)[C@@H](O)C[C@@]21C. The first-order valence-electron chi connectivity index (χ1n) is 5.25. The number of hydrogen-bond acceptors (Lipinski definition) is 3. The van der Waals surface area contributed by atoms with Gasteiger partial charge >= 0.3 is 0 Å². The Labute approximate surface area is 89.1 Å². The third-order valence-electron chi connectivity index (χ3n) is 3.85. The van der Waals surface area contributed by atoms with Gasteiger partial charge in [-0.05, 0) is 24.1 Å². The van der Waals surface area contributed by atoms with Crippen molar-refractivity contribution in [2.75, 3.05) is 0 Å². The minimum Gasteiger partial charge on any atom is -0.390 e. The van der Waals surface area contributed by atoms with Gasteiger partial charge in [0.1, 0.15) is 0 Å². The van der Waals surface area contributed by atoms with Gasteiger partial charge in [0.2, 0.25) is 0 Å². The molecule has 0 amide bonds. The van der Waals surface area contributed by atoms with Crippen LogP contribution in [0.5, 0.6) is 0 Å². The van der Waals surface area contributed by atoms with Crippen LogP contribution >= 0.6 is 0 Å². The van der Waals surface area contributed by atoms with Crippen LogP contribution in [0.2, 0.25) is 0 Å². The van der Waals surface area contributed by atoms with Gasteiger partial charge in [0, 0.05) is 11.3 Å². The summed E-state index contributed by atoms with van der Waals surface area (Å²) in [6.07, 6.45) is 3.85. The van der Waals surface area contributed by atoms with Crippen LogP contribution in [0.15, 0.2) is 23.8 Å². The third kappa shape index (κ3) is 1.46. The fraction of sp³-hybridized carbons (Fsp3) is 0.583. The highest BCUT2D eigenvalue weighted by Crippen LogP contribution is 2.46. The van der Waals surface area contributed by atoms with Crippen molar-refractivity contribution in [1.82, 2.24) is 0 Å². The van der Waals surface area contributed by atoms with Crippen LogP contribution in [-0.2, 0) is 4.79 Å². The van der Waals surface area contributed by atoms with Gasteiger partial charge in [-0.3, -0.25) is 4.79 Å². The zero-order valence-electron chi connectivity index (χ0n) is 8.97. The Morgan fingerprint density at radius 2 is 2.07 bits per heavy atom. The second-order valence-electron chi connectivity index (χ2n) is 4.76. The lowest BCUT2D eigenvalue weighted by Gasteiger charge is -2.43. The number of rotatable bonds is 0. The second-order valence-corrected chi connectivity index (χ2v) is 4.76. The molecule has 2 aliphatic carbocycles. The van der Waals surface area contributed by atoms with Crippen molar-refractivity contribution < 1.29 is 15.0 Å². The topological polar surface area (TPSA) is 57.5 Å². The van der Waals surface area contributed by atoms with E-state index in [1.807, 2.05) is 13.8 Å². The molecule has 0 aromatic heterocycles. The summed E-state index contributed by atoms with van der Waals surface area (Å²) in [6.45, 7) is 3.85. The Hall–Kier alpha value is -0.930. The van der Waals surface area contributed by atoms with Crippen molar-refractivity contribution in [3.63, 3.8) is 0 Å². The standard InChI is InChI=1S/C12H16O3/c1-7-9(13)4-3-8-5-10(14)11(15)6-12(7,8)2/h3-5,7,10-11,14-15H,6H2,1-2H3/t7-,10+,11-,12+/m0/s1. The van der Waals surface area contributed by atoms with Crippen LogP contribution in [0.25, 0.3) is 0 Å². The van der Waals surface area contributed by atoms with Crippen molar-refractivity contribution in [2.24, 2.45) is 11.3 Å². The first-order valence-corrected chi connectivity index (χ1v) is 5.25. The van der Waals surface area contributed by atoms with Gasteiger partial charge in [-0.2, -0.15) is 0 Å². The van der Waals surface area contributed by atoms with Gasteiger partial charge in [-0.25, -0.2) is 0 Å². The van der Waals surface area contributed by atoms with Gasteiger partial charge in [-0.15, -0.1) is 0 Å². The molecule has 0 bridgehead atoms. The number of carbonyl (C=O) groups is 1. The number of carbonyl (C=O) groups excluding carboxylic acids is 1. The smallest absolute Gasteiger partial charge is 0.159 e. The maximum absolute atomic E-state index is 11.6. The summed E-state index contributed by atoms with van der Waals surface area (Å²) in [7, 11) is 0. The van der Waals surface area contributed by atoms with E-state index in [2.05, 4.69) is 0 Å². The summed E-state index contributed by atoms with van der Waals surface area (Å²) in [5.74, 6) is -0.0332. The normalized spacial score (nSPS) is 44.9. The zero-order valence-corrected chi connectivity index (χ0v) is 8.97. The minimum atomic E-state index is -0.807. The average molecular weight is 208 g/mol. The molecule has 15 heavy (non-hydrogen) atoms. The Morgan fingerprint density at radius 3 is 2.73 bits per heavy atom. The maximum Gasteiger partial charge on any atom is 0.159 e. The molecule has 0 unspecified atom stereocenters. The van der Waals surface area contributed by atoms with Crippen LogP contribution < -0.4 is 0 Å².